The standard InChI is InChI=1S/C8H3Cl2NO3/c9-4-2-1-3-6(5(4)10)11-8(13)14-7(3)12/h1-2H,(H,11,13). The highest BCUT2D eigenvalue weighted by Crippen LogP contribution is 2.26. The van der Waals surface area contributed by atoms with Crippen LogP contribution < -0.4 is 11.4 Å². The van der Waals surface area contributed by atoms with Gasteiger partial charge in [-0.3, -0.25) is 4.98 Å². The van der Waals surface area contributed by atoms with Crippen molar-refractivity contribution in [2.45, 2.75) is 0 Å². The van der Waals surface area contributed by atoms with Crippen LogP contribution in [-0.4, -0.2) is 4.98 Å². The van der Waals surface area contributed by atoms with Crippen LogP contribution in [0.25, 0.3) is 10.9 Å². The van der Waals surface area contributed by atoms with Crippen LogP contribution in [0.15, 0.2) is 26.1 Å². The molecule has 1 N–H and O–H groups in total. The predicted octanol–water partition coefficient (Wildman–Crippen LogP) is 1.79. The summed E-state index contributed by atoms with van der Waals surface area (Å²) in [7, 11) is 0. The Kier molecular flexibility index (Phi) is 2.09. The van der Waals surface area contributed by atoms with E-state index in [2.05, 4.69) is 9.40 Å². The second-order valence-corrected chi connectivity index (χ2v) is 3.37. The van der Waals surface area contributed by atoms with Gasteiger partial charge in [0.25, 0.3) is 0 Å². The summed E-state index contributed by atoms with van der Waals surface area (Å²) >= 11 is 11.5. The first-order valence-electron chi connectivity index (χ1n) is 3.61. The second kappa shape index (κ2) is 3.15. The van der Waals surface area contributed by atoms with Crippen LogP contribution in [0.2, 0.25) is 10.0 Å². The van der Waals surface area contributed by atoms with E-state index in [4.69, 9.17) is 23.2 Å². The molecular formula is C8H3Cl2NO3. The van der Waals surface area contributed by atoms with Crippen LogP contribution in [0.5, 0.6) is 0 Å². The fourth-order valence-corrected chi connectivity index (χ4v) is 1.48. The minimum atomic E-state index is -0.855. The topological polar surface area (TPSA) is 63.1 Å². The Balaban J connectivity index is 3.10. The van der Waals surface area contributed by atoms with Crippen molar-refractivity contribution < 1.29 is 4.42 Å². The zero-order valence-corrected chi connectivity index (χ0v) is 8.15. The maximum absolute atomic E-state index is 11.2. The zero-order chi connectivity index (χ0) is 10.3. The summed E-state index contributed by atoms with van der Waals surface area (Å²) in [5, 5.41) is 0.591. The second-order valence-electron chi connectivity index (χ2n) is 2.59. The molecule has 0 atom stereocenters. The molecule has 4 nitrogen and oxygen atoms in total. The van der Waals surface area contributed by atoms with Crippen molar-refractivity contribution in [1.29, 1.82) is 0 Å². The fourth-order valence-electron chi connectivity index (χ4n) is 1.11. The van der Waals surface area contributed by atoms with Gasteiger partial charge in [0.15, 0.2) is 0 Å². The molecule has 0 aliphatic rings. The van der Waals surface area contributed by atoms with Gasteiger partial charge in [0.1, 0.15) is 0 Å². The molecule has 6 heteroatoms. The lowest BCUT2D eigenvalue weighted by Crippen LogP contribution is -2.14. The molecule has 0 saturated carbocycles. The Morgan fingerprint density at radius 2 is 1.93 bits per heavy atom. The molecule has 0 spiro atoms. The van der Waals surface area contributed by atoms with E-state index in [9.17, 15) is 9.59 Å². The highest BCUT2D eigenvalue weighted by molar-refractivity contribution is 6.44. The normalized spacial score (nSPS) is 10.7. The lowest BCUT2D eigenvalue weighted by molar-refractivity contribution is 0.460. The third-order valence-corrected chi connectivity index (χ3v) is 2.53. The molecule has 1 heterocycles. The maximum atomic E-state index is 11.2. The number of halogens is 2. The van der Waals surface area contributed by atoms with Crippen molar-refractivity contribution in [2.75, 3.05) is 0 Å². The van der Waals surface area contributed by atoms with Gasteiger partial charge in [-0.2, -0.15) is 0 Å². The van der Waals surface area contributed by atoms with E-state index in [1.165, 1.54) is 12.1 Å². The van der Waals surface area contributed by atoms with Crippen LogP contribution >= 0.6 is 23.2 Å². The van der Waals surface area contributed by atoms with Crippen molar-refractivity contribution >= 4 is 34.1 Å². The van der Waals surface area contributed by atoms with E-state index in [-0.39, 0.29) is 20.9 Å². The van der Waals surface area contributed by atoms with Gasteiger partial charge in [0.05, 0.1) is 20.9 Å². The van der Waals surface area contributed by atoms with Gasteiger partial charge in [-0.25, -0.2) is 9.59 Å². The molecule has 0 bridgehead atoms. The number of aromatic nitrogens is 1. The summed E-state index contributed by atoms with van der Waals surface area (Å²) in [5.74, 6) is -0.855. The van der Waals surface area contributed by atoms with Gasteiger partial charge >= 0.3 is 11.4 Å². The average molecular weight is 232 g/mol. The van der Waals surface area contributed by atoms with Crippen molar-refractivity contribution in [3.63, 3.8) is 0 Å². The van der Waals surface area contributed by atoms with Crippen molar-refractivity contribution in [1.82, 2.24) is 4.98 Å². The molecular weight excluding hydrogens is 229 g/mol. The van der Waals surface area contributed by atoms with Gasteiger partial charge in [-0.15, -0.1) is 0 Å². The van der Waals surface area contributed by atoms with Crippen molar-refractivity contribution in [3.8, 4) is 0 Å². The molecule has 2 aromatic rings. The number of aromatic amines is 1. The number of H-pyrrole nitrogens is 1. The number of hydrogen-bond donors (Lipinski definition) is 1. The molecule has 0 fully saturated rings. The molecule has 1 aromatic heterocycles. The van der Waals surface area contributed by atoms with E-state index < -0.39 is 11.4 Å². The minimum Gasteiger partial charge on any atom is -0.372 e. The number of rotatable bonds is 0. The monoisotopic (exact) mass is 231 g/mol. The molecule has 0 aliphatic heterocycles. The minimum absolute atomic E-state index is 0.133. The van der Waals surface area contributed by atoms with E-state index in [1.54, 1.807) is 0 Å². The summed E-state index contributed by atoms with van der Waals surface area (Å²) < 4.78 is 4.32. The Morgan fingerprint density at radius 1 is 1.21 bits per heavy atom. The van der Waals surface area contributed by atoms with Crippen LogP contribution in [-0.2, 0) is 0 Å². The quantitative estimate of drug-likeness (QED) is 0.752. The van der Waals surface area contributed by atoms with Crippen LogP contribution in [0, 0.1) is 0 Å². The molecule has 2 rings (SSSR count). The molecule has 14 heavy (non-hydrogen) atoms. The molecule has 0 saturated heterocycles. The van der Waals surface area contributed by atoms with E-state index in [0.717, 1.165) is 0 Å². The molecule has 0 aliphatic carbocycles. The van der Waals surface area contributed by atoms with Gasteiger partial charge in [0, 0.05) is 0 Å². The Bertz CT molecular complexity index is 614. The number of fused-ring (bicyclic) bond motifs is 1. The Morgan fingerprint density at radius 3 is 2.64 bits per heavy atom. The first kappa shape index (κ1) is 9.30. The summed E-state index contributed by atoms with van der Waals surface area (Å²) in [6.07, 6.45) is 0. The van der Waals surface area contributed by atoms with Gasteiger partial charge < -0.3 is 4.42 Å². The maximum Gasteiger partial charge on any atom is 0.419 e. The van der Waals surface area contributed by atoms with Crippen LogP contribution in [0.1, 0.15) is 0 Å². The van der Waals surface area contributed by atoms with Gasteiger partial charge in [0.2, 0.25) is 0 Å². The number of hydrogen-bond acceptors (Lipinski definition) is 3. The lowest BCUT2D eigenvalue weighted by atomic mass is 10.2. The average Bonchev–Trinajstić information content (AvgIpc) is 2.12. The third-order valence-electron chi connectivity index (χ3n) is 1.73. The first-order valence-corrected chi connectivity index (χ1v) is 4.36. The summed E-state index contributed by atoms with van der Waals surface area (Å²) in [4.78, 5) is 24.3. The van der Waals surface area contributed by atoms with Crippen molar-refractivity contribution in [2.24, 2.45) is 0 Å². The van der Waals surface area contributed by atoms with E-state index in [1.807, 2.05) is 0 Å². The number of benzene rings is 1. The summed E-state index contributed by atoms with van der Waals surface area (Å²) in [6, 6.07) is 2.90. The highest BCUT2D eigenvalue weighted by Gasteiger charge is 2.08. The third kappa shape index (κ3) is 1.32. The lowest BCUT2D eigenvalue weighted by Gasteiger charge is -1.99. The summed E-state index contributed by atoms with van der Waals surface area (Å²) in [6.45, 7) is 0. The fraction of sp³-hybridized carbons (Fsp3) is 0. The molecule has 0 amide bonds. The predicted molar refractivity (Wildman–Crippen MR) is 53.1 cm³/mol. The SMILES string of the molecule is O=c1[nH]c2c(Cl)c(Cl)ccc2c(=O)o1. The van der Waals surface area contributed by atoms with E-state index in [0.29, 0.717) is 0 Å². The number of nitrogens with one attached hydrogen (secondary N) is 1. The Hall–Kier alpha value is -1.26. The molecule has 0 unspecified atom stereocenters. The molecule has 72 valence electrons. The van der Waals surface area contributed by atoms with Crippen LogP contribution in [0.3, 0.4) is 0 Å². The van der Waals surface area contributed by atoms with Crippen molar-refractivity contribution in [3.05, 3.63) is 43.1 Å². The van der Waals surface area contributed by atoms with Gasteiger partial charge in [-0.05, 0) is 12.1 Å². The van der Waals surface area contributed by atoms with Crippen LogP contribution in [0.4, 0.5) is 0 Å². The Labute approximate surface area is 87.1 Å². The highest BCUT2D eigenvalue weighted by atomic mass is 35.5. The van der Waals surface area contributed by atoms with E-state index >= 15 is 0 Å². The van der Waals surface area contributed by atoms with Gasteiger partial charge in [-0.1, -0.05) is 23.2 Å². The molecule has 1 aromatic carbocycles. The first-order chi connectivity index (χ1) is 6.59. The smallest absolute Gasteiger partial charge is 0.372 e. The largest absolute Gasteiger partial charge is 0.419 e. The zero-order valence-electron chi connectivity index (χ0n) is 6.64. The summed E-state index contributed by atoms with van der Waals surface area (Å²) in [5.41, 5.74) is -0.539. The molecule has 0 radical (unpaired) electrons.